The molecule has 1 amide bonds. The van der Waals surface area contributed by atoms with Crippen LogP contribution in [0, 0.1) is 0 Å². The molecule has 0 aliphatic heterocycles. The number of nitrogens with one attached hydrogen (secondary N) is 1. The van der Waals surface area contributed by atoms with E-state index in [2.05, 4.69) is 20.3 Å². The van der Waals surface area contributed by atoms with Gasteiger partial charge in [0.1, 0.15) is 11.3 Å². The maximum Gasteiger partial charge on any atom is 0.338 e. The molecule has 9 nitrogen and oxygen atoms in total. The highest BCUT2D eigenvalue weighted by molar-refractivity contribution is 5.95. The molecule has 0 atom stereocenters. The Bertz CT molecular complexity index is 1420. The Labute approximate surface area is 201 Å². The summed E-state index contributed by atoms with van der Waals surface area (Å²) in [6.45, 7) is 5.97. The molecule has 0 fully saturated rings. The maximum atomic E-state index is 13.1. The van der Waals surface area contributed by atoms with Crippen LogP contribution in [-0.4, -0.2) is 37.0 Å². The van der Waals surface area contributed by atoms with Crippen molar-refractivity contribution in [3.63, 3.8) is 0 Å². The Balaban J connectivity index is 1.51. The van der Waals surface area contributed by atoms with Crippen molar-refractivity contribution in [2.45, 2.75) is 39.5 Å². The van der Waals surface area contributed by atoms with Gasteiger partial charge in [-0.2, -0.15) is 0 Å². The van der Waals surface area contributed by atoms with Crippen molar-refractivity contribution in [3.05, 3.63) is 100 Å². The number of nitrogens with zero attached hydrogens (tertiary/aromatic N) is 4. The first-order valence-corrected chi connectivity index (χ1v) is 11.0. The van der Waals surface area contributed by atoms with Gasteiger partial charge >= 0.3 is 5.97 Å². The fourth-order valence-corrected chi connectivity index (χ4v) is 3.35. The monoisotopic (exact) mass is 471 g/mol. The summed E-state index contributed by atoms with van der Waals surface area (Å²) in [7, 11) is 0. The van der Waals surface area contributed by atoms with E-state index in [0.29, 0.717) is 23.0 Å². The molecule has 1 aromatic carbocycles. The van der Waals surface area contributed by atoms with Crippen LogP contribution in [0.15, 0.2) is 72.2 Å². The van der Waals surface area contributed by atoms with Gasteiger partial charge in [0.2, 0.25) is 0 Å². The highest BCUT2D eigenvalue weighted by Crippen LogP contribution is 2.14. The number of ether oxygens (including phenoxy) is 1. The molecular weight excluding hydrogens is 446 g/mol. The van der Waals surface area contributed by atoms with Crippen LogP contribution in [0.2, 0.25) is 0 Å². The minimum absolute atomic E-state index is 0.125. The van der Waals surface area contributed by atoms with Gasteiger partial charge in [-0.25, -0.2) is 14.8 Å². The van der Waals surface area contributed by atoms with Gasteiger partial charge in [-0.05, 0) is 56.2 Å². The van der Waals surface area contributed by atoms with E-state index in [-0.39, 0.29) is 17.8 Å². The normalized spacial score (nSPS) is 11.3. The predicted molar refractivity (Wildman–Crippen MR) is 130 cm³/mol. The first-order valence-electron chi connectivity index (χ1n) is 11.0. The zero-order valence-electron chi connectivity index (χ0n) is 19.7. The van der Waals surface area contributed by atoms with Crippen LogP contribution in [0.4, 0.5) is 0 Å². The standard InChI is InChI=1S/C26H25N5O4/c1-26(2,3)35-25(34)19-8-6-17(7-9-19)15-31-16-30-22-14-28-21(11-20(22)24(31)33)23(32)29-13-18-5-4-10-27-12-18/h4-12,14,16H,13,15H2,1-3H3,(H,29,32). The number of carbonyl (C=O) groups excluding carboxylic acids is 2. The molecule has 4 rings (SSSR count). The van der Waals surface area contributed by atoms with Crippen LogP contribution in [0.3, 0.4) is 0 Å². The van der Waals surface area contributed by atoms with Crippen molar-refractivity contribution >= 4 is 22.8 Å². The molecule has 9 heteroatoms. The van der Waals surface area contributed by atoms with Gasteiger partial charge in [0.25, 0.3) is 11.5 Å². The number of hydrogen-bond acceptors (Lipinski definition) is 7. The minimum Gasteiger partial charge on any atom is -0.456 e. The Morgan fingerprint density at radius 3 is 2.49 bits per heavy atom. The van der Waals surface area contributed by atoms with Crippen LogP contribution in [0.25, 0.3) is 10.9 Å². The predicted octanol–water partition coefficient (Wildman–Crippen LogP) is 3.12. The second-order valence-corrected chi connectivity index (χ2v) is 9.01. The van der Waals surface area contributed by atoms with Gasteiger partial charge in [-0.15, -0.1) is 0 Å². The fraction of sp³-hybridized carbons (Fsp3) is 0.231. The molecule has 35 heavy (non-hydrogen) atoms. The van der Waals surface area contributed by atoms with Gasteiger partial charge in [-0.1, -0.05) is 18.2 Å². The lowest BCUT2D eigenvalue weighted by atomic mass is 10.1. The second-order valence-electron chi connectivity index (χ2n) is 9.01. The van der Waals surface area contributed by atoms with Crippen LogP contribution in [0.5, 0.6) is 0 Å². The number of carbonyl (C=O) groups is 2. The number of pyridine rings is 2. The average molecular weight is 472 g/mol. The first kappa shape index (κ1) is 23.7. The molecular formula is C26H25N5O4. The van der Waals surface area contributed by atoms with Crippen LogP contribution < -0.4 is 10.9 Å². The summed E-state index contributed by atoms with van der Waals surface area (Å²) in [5.74, 6) is -0.807. The van der Waals surface area contributed by atoms with E-state index < -0.39 is 17.5 Å². The number of benzene rings is 1. The van der Waals surface area contributed by atoms with Crippen molar-refractivity contribution in [2.24, 2.45) is 0 Å². The van der Waals surface area contributed by atoms with Crippen molar-refractivity contribution < 1.29 is 14.3 Å². The number of hydrogen-bond donors (Lipinski definition) is 1. The Morgan fingerprint density at radius 1 is 1.03 bits per heavy atom. The van der Waals surface area contributed by atoms with Crippen molar-refractivity contribution in [1.29, 1.82) is 0 Å². The number of amides is 1. The van der Waals surface area contributed by atoms with Gasteiger partial charge in [0, 0.05) is 18.9 Å². The smallest absolute Gasteiger partial charge is 0.338 e. The van der Waals surface area contributed by atoms with E-state index in [1.165, 1.54) is 23.2 Å². The molecule has 3 heterocycles. The lowest BCUT2D eigenvalue weighted by Crippen LogP contribution is -2.25. The third-order valence-electron chi connectivity index (χ3n) is 5.06. The summed E-state index contributed by atoms with van der Waals surface area (Å²) in [4.78, 5) is 50.3. The molecule has 0 aliphatic carbocycles. The SMILES string of the molecule is CC(C)(C)OC(=O)c1ccc(Cn2cnc3cnc(C(=O)NCc4cccnc4)cc3c2=O)cc1. The largest absolute Gasteiger partial charge is 0.456 e. The molecule has 0 saturated heterocycles. The van der Waals surface area contributed by atoms with Gasteiger partial charge < -0.3 is 10.1 Å². The quantitative estimate of drug-likeness (QED) is 0.430. The molecule has 178 valence electrons. The van der Waals surface area contributed by atoms with E-state index in [0.717, 1.165) is 11.1 Å². The zero-order chi connectivity index (χ0) is 25.0. The molecule has 4 aromatic rings. The van der Waals surface area contributed by atoms with Crippen LogP contribution >= 0.6 is 0 Å². The van der Waals surface area contributed by atoms with Crippen molar-refractivity contribution in [1.82, 2.24) is 24.8 Å². The molecule has 0 saturated carbocycles. The lowest BCUT2D eigenvalue weighted by Gasteiger charge is -2.19. The third-order valence-corrected chi connectivity index (χ3v) is 5.06. The van der Waals surface area contributed by atoms with Gasteiger partial charge in [0.05, 0.1) is 35.5 Å². The summed E-state index contributed by atoms with van der Waals surface area (Å²) in [5.41, 5.74) is 1.74. The summed E-state index contributed by atoms with van der Waals surface area (Å²) < 4.78 is 6.82. The highest BCUT2D eigenvalue weighted by Gasteiger charge is 2.18. The number of esters is 1. The third kappa shape index (κ3) is 5.94. The molecule has 0 spiro atoms. The minimum atomic E-state index is -0.580. The summed E-state index contributed by atoms with van der Waals surface area (Å²) in [5, 5.41) is 3.06. The van der Waals surface area contributed by atoms with Gasteiger partial charge in [0.15, 0.2) is 0 Å². The molecule has 0 radical (unpaired) electrons. The van der Waals surface area contributed by atoms with E-state index in [4.69, 9.17) is 4.74 Å². The Morgan fingerprint density at radius 2 is 1.80 bits per heavy atom. The van der Waals surface area contributed by atoms with Crippen LogP contribution in [-0.2, 0) is 17.8 Å². The van der Waals surface area contributed by atoms with Crippen molar-refractivity contribution in [3.8, 4) is 0 Å². The topological polar surface area (TPSA) is 116 Å². The maximum absolute atomic E-state index is 13.1. The highest BCUT2D eigenvalue weighted by atomic mass is 16.6. The van der Waals surface area contributed by atoms with Crippen molar-refractivity contribution in [2.75, 3.05) is 0 Å². The molecule has 0 aliphatic rings. The number of fused-ring (bicyclic) bond motifs is 1. The molecule has 1 N–H and O–H groups in total. The number of aromatic nitrogens is 4. The number of rotatable bonds is 6. The molecule has 0 unspecified atom stereocenters. The Hall–Kier alpha value is -4.40. The Kier molecular flexibility index (Phi) is 6.68. The second kappa shape index (κ2) is 9.84. The molecule has 3 aromatic heterocycles. The van der Waals surface area contributed by atoms with E-state index >= 15 is 0 Å². The van der Waals surface area contributed by atoms with E-state index in [1.54, 1.807) is 42.7 Å². The van der Waals surface area contributed by atoms with E-state index in [1.807, 2.05) is 26.8 Å². The fourth-order valence-electron chi connectivity index (χ4n) is 3.35. The molecule has 0 bridgehead atoms. The average Bonchev–Trinajstić information content (AvgIpc) is 2.84. The lowest BCUT2D eigenvalue weighted by molar-refractivity contribution is 0.00694. The van der Waals surface area contributed by atoms with Gasteiger partial charge in [-0.3, -0.25) is 19.1 Å². The summed E-state index contributed by atoms with van der Waals surface area (Å²) >= 11 is 0. The summed E-state index contributed by atoms with van der Waals surface area (Å²) in [6.07, 6.45) is 6.17. The first-order chi connectivity index (χ1) is 16.7. The van der Waals surface area contributed by atoms with Crippen LogP contribution in [0.1, 0.15) is 52.7 Å². The van der Waals surface area contributed by atoms with E-state index in [9.17, 15) is 14.4 Å². The zero-order valence-corrected chi connectivity index (χ0v) is 19.7. The summed E-state index contributed by atoms with van der Waals surface area (Å²) in [6, 6.07) is 11.9.